The zero-order chi connectivity index (χ0) is 13.8. The van der Waals surface area contributed by atoms with E-state index in [0.29, 0.717) is 13.1 Å². The topological polar surface area (TPSA) is 86.9 Å². The van der Waals surface area contributed by atoms with Crippen molar-refractivity contribution in [3.05, 3.63) is 34.4 Å². The van der Waals surface area contributed by atoms with Gasteiger partial charge in [0.1, 0.15) is 0 Å². The van der Waals surface area contributed by atoms with Crippen molar-refractivity contribution in [3.63, 3.8) is 0 Å². The van der Waals surface area contributed by atoms with Crippen LogP contribution in [0.2, 0.25) is 0 Å². The number of carboxylic acid groups (broad SMARTS) is 1. The molecule has 1 aliphatic heterocycles. The first kappa shape index (κ1) is 13.3. The lowest BCUT2D eigenvalue weighted by atomic mass is 10.2. The fraction of sp³-hybridized carbons (Fsp3) is 0.417. The number of nitro groups is 1. The lowest BCUT2D eigenvalue weighted by Crippen LogP contribution is -2.47. The highest BCUT2D eigenvalue weighted by molar-refractivity contribution is 5.69. The second-order valence-corrected chi connectivity index (χ2v) is 4.43. The van der Waals surface area contributed by atoms with Gasteiger partial charge in [0.15, 0.2) is 0 Å². The van der Waals surface area contributed by atoms with Gasteiger partial charge < -0.3 is 10.0 Å². The van der Waals surface area contributed by atoms with Crippen LogP contribution in [-0.4, -0.2) is 53.6 Å². The van der Waals surface area contributed by atoms with Gasteiger partial charge >= 0.3 is 5.97 Å². The van der Waals surface area contributed by atoms with Crippen LogP contribution in [0.3, 0.4) is 0 Å². The molecule has 19 heavy (non-hydrogen) atoms. The Morgan fingerprint density at radius 2 is 1.79 bits per heavy atom. The van der Waals surface area contributed by atoms with E-state index in [1.54, 1.807) is 12.1 Å². The van der Waals surface area contributed by atoms with Crippen molar-refractivity contribution in [2.45, 2.75) is 0 Å². The third-order valence-electron chi connectivity index (χ3n) is 3.16. The maximum absolute atomic E-state index is 10.6. The molecule has 0 radical (unpaired) electrons. The molecule has 0 atom stereocenters. The molecule has 1 aliphatic rings. The largest absolute Gasteiger partial charge is 0.480 e. The molecule has 1 saturated heterocycles. The Hall–Kier alpha value is -2.15. The van der Waals surface area contributed by atoms with Crippen LogP contribution in [0, 0.1) is 10.1 Å². The molecule has 1 heterocycles. The molecule has 2 rings (SSSR count). The number of carboxylic acids is 1. The number of anilines is 1. The van der Waals surface area contributed by atoms with E-state index in [1.165, 1.54) is 12.1 Å². The van der Waals surface area contributed by atoms with Gasteiger partial charge in [0.05, 0.1) is 11.5 Å². The Balaban J connectivity index is 1.94. The SMILES string of the molecule is O=C(O)CN1CCN(c2ccc([N+](=O)[O-])cc2)CC1. The number of nitrogens with zero attached hydrogens (tertiary/aromatic N) is 3. The van der Waals surface area contributed by atoms with Gasteiger partial charge in [-0.05, 0) is 12.1 Å². The van der Waals surface area contributed by atoms with Crippen molar-refractivity contribution < 1.29 is 14.8 Å². The molecule has 0 saturated carbocycles. The molecular formula is C12H15N3O4. The molecule has 0 amide bonds. The average Bonchev–Trinajstić information content (AvgIpc) is 2.39. The Labute approximate surface area is 110 Å². The van der Waals surface area contributed by atoms with E-state index in [9.17, 15) is 14.9 Å². The summed E-state index contributed by atoms with van der Waals surface area (Å²) in [4.78, 5) is 24.7. The minimum absolute atomic E-state index is 0.0636. The van der Waals surface area contributed by atoms with Gasteiger partial charge in [-0.3, -0.25) is 19.8 Å². The molecule has 0 unspecified atom stereocenters. The maximum Gasteiger partial charge on any atom is 0.317 e. The Morgan fingerprint density at radius 1 is 1.21 bits per heavy atom. The molecule has 0 bridgehead atoms. The molecule has 1 aromatic rings. The van der Waals surface area contributed by atoms with Gasteiger partial charge in [0, 0.05) is 44.0 Å². The highest BCUT2D eigenvalue weighted by Crippen LogP contribution is 2.20. The van der Waals surface area contributed by atoms with Gasteiger partial charge in [-0.2, -0.15) is 0 Å². The molecule has 102 valence electrons. The smallest absolute Gasteiger partial charge is 0.317 e. The summed E-state index contributed by atoms with van der Waals surface area (Å²) in [6.45, 7) is 2.89. The predicted octanol–water partition coefficient (Wildman–Crippen LogP) is 0.801. The van der Waals surface area contributed by atoms with Crippen LogP contribution in [0.15, 0.2) is 24.3 Å². The van der Waals surface area contributed by atoms with E-state index in [-0.39, 0.29) is 12.2 Å². The van der Waals surface area contributed by atoms with E-state index in [4.69, 9.17) is 5.11 Å². The van der Waals surface area contributed by atoms with Crippen LogP contribution < -0.4 is 4.90 Å². The lowest BCUT2D eigenvalue weighted by molar-refractivity contribution is -0.384. The van der Waals surface area contributed by atoms with Crippen molar-refractivity contribution >= 4 is 17.3 Å². The maximum atomic E-state index is 10.6. The minimum atomic E-state index is -0.816. The lowest BCUT2D eigenvalue weighted by Gasteiger charge is -2.35. The third kappa shape index (κ3) is 3.41. The summed E-state index contributed by atoms with van der Waals surface area (Å²) in [5.41, 5.74) is 1.01. The van der Waals surface area contributed by atoms with Crippen molar-refractivity contribution in [1.29, 1.82) is 0 Å². The molecule has 0 aliphatic carbocycles. The van der Waals surface area contributed by atoms with Gasteiger partial charge in [-0.15, -0.1) is 0 Å². The van der Waals surface area contributed by atoms with E-state index < -0.39 is 10.9 Å². The van der Waals surface area contributed by atoms with Crippen molar-refractivity contribution in [2.75, 3.05) is 37.6 Å². The Kier molecular flexibility index (Phi) is 3.96. The first-order valence-electron chi connectivity index (χ1n) is 6.00. The third-order valence-corrected chi connectivity index (χ3v) is 3.16. The van der Waals surface area contributed by atoms with Crippen LogP contribution in [0.1, 0.15) is 0 Å². The summed E-state index contributed by atoms with van der Waals surface area (Å²) in [6, 6.07) is 6.42. The number of carbonyl (C=O) groups is 1. The summed E-state index contributed by atoms with van der Waals surface area (Å²) in [5, 5.41) is 19.3. The van der Waals surface area contributed by atoms with Crippen LogP contribution in [0.5, 0.6) is 0 Å². The van der Waals surface area contributed by atoms with Crippen molar-refractivity contribution in [3.8, 4) is 0 Å². The number of rotatable bonds is 4. The quantitative estimate of drug-likeness (QED) is 0.640. The van der Waals surface area contributed by atoms with Crippen LogP contribution in [-0.2, 0) is 4.79 Å². The van der Waals surface area contributed by atoms with Crippen LogP contribution in [0.25, 0.3) is 0 Å². The van der Waals surface area contributed by atoms with Crippen molar-refractivity contribution in [2.24, 2.45) is 0 Å². The summed E-state index contributed by atoms with van der Waals surface area (Å²) in [6.07, 6.45) is 0. The monoisotopic (exact) mass is 265 g/mol. The standard InChI is InChI=1S/C12H15N3O4/c16-12(17)9-13-5-7-14(8-6-13)10-1-3-11(4-2-10)15(18)19/h1-4H,5-9H2,(H,16,17). The highest BCUT2D eigenvalue weighted by atomic mass is 16.6. The van der Waals surface area contributed by atoms with Crippen molar-refractivity contribution in [1.82, 2.24) is 4.90 Å². The van der Waals surface area contributed by atoms with Gasteiger partial charge in [-0.25, -0.2) is 0 Å². The fourth-order valence-electron chi connectivity index (χ4n) is 2.14. The second kappa shape index (κ2) is 5.66. The number of hydrogen-bond donors (Lipinski definition) is 1. The molecule has 0 aromatic heterocycles. The number of aliphatic carboxylic acids is 1. The predicted molar refractivity (Wildman–Crippen MR) is 69.4 cm³/mol. The first-order chi connectivity index (χ1) is 9.06. The van der Waals surface area contributed by atoms with E-state index >= 15 is 0 Å². The zero-order valence-electron chi connectivity index (χ0n) is 10.4. The normalized spacial score (nSPS) is 16.3. The highest BCUT2D eigenvalue weighted by Gasteiger charge is 2.19. The molecule has 1 N–H and O–H groups in total. The van der Waals surface area contributed by atoms with Gasteiger partial charge in [0.2, 0.25) is 0 Å². The number of benzene rings is 1. The zero-order valence-corrected chi connectivity index (χ0v) is 10.4. The van der Waals surface area contributed by atoms with Gasteiger partial charge in [0.25, 0.3) is 5.69 Å². The molecular weight excluding hydrogens is 250 g/mol. The molecule has 1 fully saturated rings. The summed E-state index contributed by atoms with van der Waals surface area (Å²) < 4.78 is 0. The minimum Gasteiger partial charge on any atom is -0.480 e. The number of non-ortho nitro benzene ring substituents is 1. The Bertz CT molecular complexity index is 466. The molecule has 7 heteroatoms. The summed E-state index contributed by atoms with van der Waals surface area (Å²) >= 11 is 0. The molecule has 7 nitrogen and oxygen atoms in total. The van der Waals surface area contributed by atoms with E-state index in [1.807, 2.05) is 4.90 Å². The fourth-order valence-corrected chi connectivity index (χ4v) is 2.14. The molecule has 1 aromatic carbocycles. The number of hydrogen-bond acceptors (Lipinski definition) is 5. The van der Waals surface area contributed by atoms with E-state index in [0.717, 1.165) is 18.8 Å². The van der Waals surface area contributed by atoms with E-state index in [2.05, 4.69) is 4.90 Å². The molecule has 0 spiro atoms. The Morgan fingerprint density at radius 3 is 2.26 bits per heavy atom. The summed E-state index contributed by atoms with van der Waals surface area (Å²) in [5.74, 6) is -0.816. The van der Waals surface area contributed by atoms with Crippen LogP contribution >= 0.6 is 0 Å². The number of piperazine rings is 1. The average molecular weight is 265 g/mol. The second-order valence-electron chi connectivity index (χ2n) is 4.43. The first-order valence-corrected chi connectivity index (χ1v) is 6.00. The van der Waals surface area contributed by atoms with Crippen LogP contribution in [0.4, 0.5) is 11.4 Å². The number of nitro benzene ring substituents is 1. The van der Waals surface area contributed by atoms with Gasteiger partial charge in [-0.1, -0.05) is 0 Å². The summed E-state index contributed by atoms with van der Waals surface area (Å²) in [7, 11) is 0.